The van der Waals surface area contributed by atoms with Gasteiger partial charge in [-0.3, -0.25) is 4.90 Å². The van der Waals surface area contributed by atoms with Gasteiger partial charge < -0.3 is 15.4 Å². The Balaban J connectivity index is 0.00000190. The molecule has 1 saturated heterocycles. The van der Waals surface area contributed by atoms with Crippen LogP contribution in [0.1, 0.15) is 34.1 Å². The van der Waals surface area contributed by atoms with Crippen LogP contribution >= 0.6 is 0 Å². The number of aromatic nitrogens is 3. The lowest BCUT2D eigenvalue weighted by molar-refractivity contribution is 0.00540. The lowest BCUT2D eigenvalue weighted by Gasteiger charge is -2.38. The van der Waals surface area contributed by atoms with Crippen molar-refractivity contribution < 1.29 is 16.4 Å². The number of nitrogens with one attached hydrogen (secondary N) is 2. The van der Waals surface area contributed by atoms with Crippen LogP contribution in [0.4, 0.5) is 26.1 Å². The van der Waals surface area contributed by atoms with E-state index in [1.165, 1.54) is 48.8 Å². The fourth-order valence-corrected chi connectivity index (χ4v) is 5.12. The summed E-state index contributed by atoms with van der Waals surface area (Å²) in [4.78, 5) is 6.84. The number of anilines is 3. The number of rotatable bonds is 7. The molecule has 1 aromatic heterocycles. The monoisotopic (exact) mass is 486 g/mol. The van der Waals surface area contributed by atoms with Gasteiger partial charge >= 0.3 is 0 Å². The SMILES string of the molecule is Cc1cc(NCC2CCC(N3CCOCC3)CC2)cc(Nc2ncn(-c3cc(F)cc(F)c3)n2)c1.[HH].[HH]. The number of benzene rings is 2. The van der Waals surface area contributed by atoms with Gasteiger partial charge in [-0.25, -0.2) is 13.5 Å². The molecule has 0 bridgehead atoms. The number of nitrogens with zero attached hydrogens (tertiary/aromatic N) is 4. The van der Waals surface area contributed by atoms with E-state index in [4.69, 9.17) is 4.74 Å². The zero-order valence-electron chi connectivity index (χ0n) is 20.0. The van der Waals surface area contributed by atoms with Crippen molar-refractivity contribution in [2.45, 2.75) is 38.6 Å². The van der Waals surface area contributed by atoms with Crippen molar-refractivity contribution in [3.63, 3.8) is 0 Å². The number of ether oxygens (including phenoxy) is 1. The highest BCUT2D eigenvalue weighted by molar-refractivity contribution is 5.63. The number of hydrogen-bond acceptors (Lipinski definition) is 6. The maximum absolute atomic E-state index is 13.5. The first kappa shape index (κ1) is 23.7. The second-order valence-electron chi connectivity index (χ2n) is 9.56. The third-order valence-electron chi connectivity index (χ3n) is 6.91. The summed E-state index contributed by atoms with van der Waals surface area (Å²) in [5.74, 6) is -0.288. The summed E-state index contributed by atoms with van der Waals surface area (Å²) in [6, 6.07) is 10.1. The number of hydrogen-bond donors (Lipinski definition) is 2. The molecule has 5 rings (SSSR count). The second kappa shape index (κ2) is 10.7. The van der Waals surface area contributed by atoms with Crippen LogP contribution in [-0.4, -0.2) is 58.6 Å². The van der Waals surface area contributed by atoms with E-state index in [0.29, 0.717) is 17.9 Å². The van der Waals surface area contributed by atoms with Crippen molar-refractivity contribution in [3.8, 4) is 5.69 Å². The molecular weight excluding hydrogens is 450 g/mol. The molecule has 0 unspecified atom stereocenters. The zero-order chi connectivity index (χ0) is 24.2. The molecule has 1 saturated carbocycles. The smallest absolute Gasteiger partial charge is 0.246 e. The Hall–Kier alpha value is -3.04. The molecule has 190 valence electrons. The van der Waals surface area contributed by atoms with E-state index in [1.807, 2.05) is 19.1 Å². The average molecular weight is 487 g/mol. The van der Waals surface area contributed by atoms with Crippen molar-refractivity contribution >= 4 is 17.3 Å². The first-order chi connectivity index (χ1) is 17.0. The van der Waals surface area contributed by atoms with Gasteiger partial charge in [0.25, 0.3) is 0 Å². The van der Waals surface area contributed by atoms with Gasteiger partial charge in [0, 0.05) is 46.0 Å². The normalized spacial score (nSPS) is 21.1. The van der Waals surface area contributed by atoms with Crippen molar-refractivity contribution in [2.75, 3.05) is 43.5 Å². The highest BCUT2D eigenvalue weighted by Crippen LogP contribution is 2.29. The highest BCUT2D eigenvalue weighted by atomic mass is 19.1. The predicted molar refractivity (Wildman–Crippen MR) is 137 cm³/mol. The van der Waals surface area contributed by atoms with Gasteiger partial charge in [0.15, 0.2) is 0 Å². The van der Waals surface area contributed by atoms with Crippen LogP contribution in [0, 0.1) is 24.5 Å². The maximum atomic E-state index is 13.5. The lowest BCUT2D eigenvalue weighted by atomic mass is 9.85. The van der Waals surface area contributed by atoms with Gasteiger partial charge in [0.2, 0.25) is 5.95 Å². The molecule has 0 spiro atoms. The van der Waals surface area contributed by atoms with Gasteiger partial charge in [-0.05, 0) is 74.4 Å². The quantitative estimate of drug-likeness (QED) is 0.467. The fraction of sp³-hybridized carbons (Fsp3) is 0.462. The summed E-state index contributed by atoms with van der Waals surface area (Å²) < 4.78 is 33.9. The molecule has 1 aliphatic heterocycles. The molecular formula is C26H36F2N6O. The minimum absolute atomic E-state index is 0. The van der Waals surface area contributed by atoms with E-state index in [-0.39, 0.29) is 8.54 Å². The minimum Gasteiger partial charge on any atom is -0.385 e. The molecule has 0 amide bonds. The van der Waals surface area contributed by atoms with E-state index in [0.717, 1.165) is 55.9 Å². The van der Waals surface area contributed by atoms with Crippen molar-refractivity contribution in [3.05, 3.63) is 59.9 Å². The molecule has 7 nitrogen and oxygen atoms in total. The third kappa shape index (κ3) is 6.15. The summed E-state index contributed by atoms with van der Waals surface area (Å²) >= 11 is 0. The second-order valence-corrected chi connectivity index (χ2v) is 9.56. The average Bonchev–Trinajstić information content (AvgIpc) is 3.31. The molecule has 2 fully saturated rings. The Labute approximate surface area is 207 Å². The van der Waals surface area contributed by atoms with E-state index < -0.39 is 11.6 Å². The Morgan fingerprint density at radius 3 is 2.43 bits per heavy atom. The van der Waals surface area contributed by atoms with Crippen LogP contribution < -0.4 is 10.6 Å². The lowest BCUT2D eigenvalue weighted by Crippen LogP contribution is -2.45. The maximum Gasteiger partial charge on any atom is 0.246 e. The summed E-state index contributed by atoms with van der Waals surface area (Å²) in [6.45, 7) is 6.87. The van der Waals surface area contributed by atoms with Crippen LogP contribution in [0.15, 0.2) is 42.7 Å². The summed E-state index contributed by atoms with van der Waals surface area (Å²) in [7, 11) is 0. The first-order valence-electron chi connectivity index (χ1n) is 12.3. The van der Waals surface area contributed by atoms with Crippen LogP contribution in [-0.2, 0) is 4.74 Å². The Bertz CT molecular complexity index is 1130. The van der Waals surface area contributed by atoms with Crippen molar-refractivity contribution in [1.29, 1.82) is 0 Å². The van der Waals surface area contributed by atoms with Gasteiger partial charge in [0.1, 0.15) is 18.0 Å². The van der Waals surface area contributed by atoms with E-state index in [1.54, 1.807) is 0 Å². The Kier molecular flexibility index (Phi) is 7.24. The number of aryl methyl sites for hydroxylation is 1. The standard InChI is InChI=1S/C26H32F2N6O.2H2/c1-18-10-22(29-16-19-2-4-24(5-3-19)33-6-8-35-9-7-33)15-23(11-18)31-26-30-17-34(32-26)25-13-20(27)12-21(28)14-25;;/h10-15,17,19,24,29H,2-9,16H2,1H3,(H,31,32);2*1H. The Morgan fingerprint density at radius 1 is 0.971 bits per heavy atom. The van der Waals surface area contributed by atoms with E-state index in [9.17, 15) is 8.78 Å². The van der Waals surface area contributed by atoms with Crippen LogP contribution in [0.2, 0.25) is 0 Å². The largest absolute Gasteiger partial charge is 0.385 e. The minimum atomic E-state index is -0.658. The summed E-state index contributed by atoms with van der Waals surface area (Å²) in [5.41, 5.74) is 3.29. The third-order valence-corrected chi connectivity index (χ3v) is 6.91. The molecule has 3 aromatic rings. The molecule has 35 heavy (non-hydrogen) atoms. The number of halogens is 2. The van der Waals surface area contributed by atoms with Gasteiger partial charge in [-0.1, -0.05) is 0 Å². The molecule has 1 aliphatic carbocycles. The zero-order valence-corrected chi connectivity index (χ0v) is 20.0. The highest BCUT2D eigenvalue weighted by Gasteiger charge is 2.26. The summed E-state index contributed by atoms with van der Waals surface area (Å²) in [6.07, 6.45) is 6.44. The number of morpholine rings is 1. The van der Waals surface area contributed by atoms with Crippen molar-refractivity contribution in [1.82, 2.24) is 19.7 Å². The van der Waals surface area contributed by atoms with Gasteiger partial charge in [-0.2, -0.15) is 4.98 Å². The molecule has 9 heteroatoms. The molecule has 0 atom stereocenters. The van der Waals surface area contributed by atoms with E-state index in [2.05, 4.69) is 31.7 Å². The molecule has 2 N–H and O–H groups in total. The van der Waals surface area contributed by atoms with Gasteiger partial charge in [0.05, 0.1) is 18.9 Å². The fourth-order valence-electron chi connectivity index (χ4n) is 5.12. The van der Waals surface area contributed by atoms with Crippen LogP contribution in [0.3, 0.4) is 0 Å². The molecule has 2 heterocycles. The summed E-state index contributed by atoms with van der Waals surface area (Å²) in [5, 5.41) is 11.1. The van der Waals surface area contributed by atoms with E-state index >= 15 is 0 Å². The molecule has 2 aliphatic rings. The van der Waals surface area contributed by atoms with Crippen molar-refractivity contribution in [2.24, 2.45) is 5.92 Å². The molecule has 2 aromatic carbocycles. The topological polar surface area (TPSA) is 67.2 Å². The first-order valence-corrected chi connectivity index (χ1v) is 12.3. The molecule has 0 radical (unpaired) electrons. The predicted octanol–water partition coefficient (Wildman–Crippen LogP) is 5.39. The van der Waals surface area contributed by atoms with Crippen LogP contribution in [0.5, 0.6) is 0 Å². The van der Waals surface area contributed by atoms with Gasteiger partial charge in [-0.15, -0.1) is 5.10 Å². The Morgan fingerprint density at radius 2 is 1.69 bits per heavy atom. The van der Waals surface area contributed by atoms with Crippen LogP contribution in [0.25, 0.3) is 5.69 Å².